The molecule has 52 heavy (non-hydrogen) atoms. The fraction of sp³-hybridized carbons (Fsp3) is 0.957. The highest BCUT2D eigenvalue weighted by molar-refractivity contribution is 8.14. The van der Waals surface area contributed by atoms with Crippen LogP contribution in [0.25, 0.3) is 0 Å². The number of hydrogen-bond donors (Lipinski definition) is 0. The minimum atomic E-state index is 0.412. The number of likely N-dealkylation sites (N-methyl/N-ethyl adjacent to an activating group) is 1. The van der Waals surface area contributed by atoms with Gasteiger partial charge >= 0.3 is 0 Å². The van der Waals surface area contributed by atoms with Crippen LogP contribution < -0.4 is 0 Å². The molecule has 0 aromatic heterocycles. The Morgan fingerprint density at radius 1 is 0.423 bits per heavy atom. The van der Waals surface area contributed by atoms with Gasteiger partial charge in [0.05, 0.1) is 0 Å². The predicted molar refractivity (Wildman–Crippen MR) is 238 cm³/mol. The van der Waals surface area contributed by atoms with Gasteiger partial charge in [-0.25, -0.2) is 0 Å². The smallest absolute Gasteiger partial charge is 0.189 e. The van der Waals surface area contributed by atoms with Crippen LogP contribution in [0.4, 0.5) is 0 Å². The van der Waals surface area contributed by atoms with Gasteiger partial charge in [-0.15, -0.1) is 0 Å². The van der Waals surface area contributed by atoms with Crippen molar-refractivity contribution in [2.45, 2.75) is 238 Å². The number of rotatable bonds is 42. The van der Waals surface area contributed by atoms with Crippen LogP contribution in [0.3, 0.4) is 0 Å². The van der Waals surface area contributed by atoms with E-state index in [9.17, 15) is 9.59 Å². The third-order valence-corrected chi connectivity index (χ3v) is 12.9. The summed E-state index contributed by atoms with van der Waals surface area (Å²) in [5.74, 6) is 0.994. The molecule has 0 saturated carbocycles. The molecule has 0 unspecified atom stereocenters. The zero-order chi connectivity index (χ0) is 38.2. The molecule has 0 radical (unpaired) electrons. The highest BCUT2D eigenvalue weighted by Crippen LogP contribution is 2.27. The Kier molecular flexibility index (Phi) is 42.1. The van der Waals surface area contributed by atoms with Crippen LogP contribution in [0.1, 0.15) is 233 Å². The van der Waals surface area contributed by atoms with Crippen molar-refractivity contribution in [1.82, 2.24) is 9.80 Å². The van der Waals surface area contributed by atoms with E-state index in [1.165, 1.54) is 193 Å². The summed E-state index contributed by atoms with van der Waals surface area (Å²) in [4.78, 5) is 30.2. The quantitative estimate of drug-likeness (QED) is 0.0576. The van der Waals surface area contributed by atoms with Gasteiger partial charge in [0, 0.05) is 36.9 Å². The van der Waals surface area contributed by atoms with Crippen molar-refractivity contribution < 1.29 is 9.59 Å². The van der Waals surface area contributed by atoms with Crippen LogP contribution in [0.5, 0.6) is 0 Å². The van der Waals surface area contributed by atoms with E-state index in [0.29, 0.717) is 15.5 Å². The Bertz CT molecular complexity index is 734. The molecule has 6 heteroatoms. The lowest BCUT2D eigenvalue weighted by molar-refractivity contribution is -0.111. The number of carbonyl (C=O) groups excluding carboxylic acids is 2. The number of nitrogens with zero attached hydrogens (tertiary/aromatic N) is 2. The lowest BCUT2D eigenvalue weighted by Gasteiger charge is -2.24. The van der Waals surface area contributed by atoms with Gasteiger partial charge in [0.15, 0.2) is 10.2 Å². The Labute approximate surface area is 335 Å². The molecule has 0 heterocycles. The van der Waals surface area contributed by atoms with Crippen molar-refractivity contribution in [3.05, 3.63) is 0 Å². The van der Waals surface area contributed by atoms with Crippen LogP contribution in [-0.2, 0) is 9.59 Å². The average molecular weight is 769 g/mol. The van der Waals surface area contributed by atoms with Gasteiger partial charge in [0.1, 0.15) is 0 Å². The molecule has 0 fully saturated rings. The molecule has 4 nitrogen and oxygen atoms in total. The topological polar surface area (TPSA) is 40.6 Å². The summed E-state index contributed by atoms with van der Waals surface area (Å²) >= 11 is 3.30. The van der Waals surface area contributed by atoms with Crippen LogP contribution in [0.15, 0.2) is 0 Å². The molecule has 0 saturated heterocycles. The van der Waals surface area contributed by atoms with Gasteiger partial charge in [-0.05, 0) is 72.1 Å². The van der Waals surface area contributed by atoms with Crippen molar-refractivity contribution in [2.75, 3.05) is 46.0 Å². The summed E-state index contributed by atoms with van der Waals surface area (Å²) in [5.41, 5.74) is 0. The van der Waals surface area contributed by atoms with Crippen LogP contribution >= 0.6 is 23.5 Å². The van der Waals surface area contributed by atoms with Gasteiger partial charge in [-0.1, -0.05) is 198 Å². The molecule has 0 N–H and O–H groups in total. The van der Waals surface area contributed by atoms with E-state index in [2.05, 4.69) is 44.7 Å². The van der Waals surface area contributed by atoms with Crippen molar-refractivity contribution in [3.8, 4) is 0 Å². The first-order chi connectivity index (χ1) is 25.4. The van der Waals surface area contributed by atoms with E-state index in [4.69, 9.17) is 0 Å². The zero-order valence-electron chi connectivity index (χ0n) is 36.0. The zero-order valence-corrected chi connectivity index (χ0v) is 37.6. The van der Waals surface area contributed by atoms with Gasteiger partial charge in [0.25, 0.3) is 0 Å². The predicted octanol–water partition coefficient (Wildman–Crippen LogP) is 14.7. The Hall–Kier alpha value is -0.0400. The van der Waals surface area contributed by atoms with Gasteiger partial charge in [0.2, 0.25) is 0 Å². The lowest BCUT2D eigenvalue weighted by atomic mass is 10.0. The van der Waals surface area contributed by atoms with E-state index >= 15 is 0 Å². The van der Waals surface area contributed by atoms with Gasteiger partial charge < -0.3 is 9.80 Å². The minimum absolute atomic E-state index is 0.412. The summed E-state index contributed by atoms with van der Waals surface area (Å²) in [7, 11) is 4.35. The second kappa shape index (κ2) is 42.1. The summed E-state index contributed by atoms with van der Waals surface area (Å²) in [6.45, 7) is 11.5. The van der Waals surface area contributed by atoms with Crippen molar-refractivity contribution in [3.63, 3.8) is 0 Å². The normalized spacial score (nSPS) is 11.8. The molecule has 0 aliphatic heterocycles. The number of carbonyl (C=O) groups is 2. The Balaban J connectivity index is 4.11. The molecule has 0 bridgehead atoms. The second-order valence-corrected chi connectivity index (χ2v) is 18.8. The van der Waals surface area contributed by atoms with E-state index in [-0.39, 0.29) is 0 Å². The van der Waals surface area contributed by atoms with Crippen LogP contribution in [0, 0.1) is 0 Å². The monoisotopic (exact) mass is 769 g/mol. The number of unbranched alkanes of at least 4 members (excludes halogenated alkanes) is 24. The molecule has 0 rings (SSSR count). The maximum atomic E-state index is 12.9. The molecule has 0 aromatic rings. The lowest BCUT2D eigenvalue weighted by Crippen LogP contribution is -2.33. The van der Waals surface area contributed by atoms with Gasteiger partial charge in [-0.3, -0.25) is 9.59 Å². The SMILES string of the molecule is CCCCCCCCCCCC(=O)SCCCCCN(CCCCCCCC(=O)SC(CCCCCCCC)CCCCCCCC)CCN(C)C. The van der Waals surface area contributed by atoms with Crippen LogP contribution in [0.2, 0.25) is 0 Å². The molecular formula is C46H92N2O2S2. The molecular weight excluding hydrogens is 677 g/mol. The largest absolute Gasteiger partial charge is 0.308 e. The fourth-order valence-electron chi connectivity index (χ4n) is 7.08. The first-order valence-corrected chi connectivity index (χ1v) is 25.0. The van der Waals surface area contributed by atoms with Crippen molar-refractivity contribution in [2.24, 2.45) is 0 Å². The second-order valence-electron chi connectivity index (χ2n) is 16.2. The summed E-state index contributed by atoms with van der Waals surface area (Å²) in [5, 5.41) is 1.42. The van der Waals surface area contributed by atoms with E-state index in [0.717, 1.165) is 50.9 Å². The minimum Gasteiger partial charge on any atom is -0.308 e. The molecule has 310 valence electrons. The third kappa shape index (κ3) is 39.6. The third-order valence-electron chi connectivity index (χ3n) is 10.6. The molecule has 0 atom stereocenters. The van der Waals surface area contributed by atoms with E-state index in [1.807, 2.05) is 0 Å². The van der Waals surface area contributed by atoms with Crippen molar-refractivity contribution >= 4 is 33.8 Å². The fourth-order valence-corrected chi connectivity index (χ4v) is 9.14. The summed E-state index contributed by atoms with van der Waals surface area (Å²) in [6, 6.07) is 0. The average Bonchev–Trinajstić information content (AvgIpc) is 3.13. The van der Waals surface area contributed by atoms with E-state index in [1.54, 1.807) is 23.5 Å². The maximum absolute atomic E-state index is 12.9. The molecule has 0 spiro atoms. The number of thioether (sulfide) groups is 2. The summed E-state index contributed by atoms with van der Waals surface area (Å²) < 4.78 is 0. The molecule has 0 aliphatic rings. The summed E-state index contributed by atoms with van der Waals surface area (Å²) in [6.07, 6.45) is 41.6. The molecule has 0 aromatic carbocycles. The molecule has 0 aliphatic carbocycles. The first-order valence-electron chi connectivity index (χ1n) is 23.1. The highest BCUT2D eigenvalue weighted by Gasteiger charge is 2.15. The Morgan fingerprint density at radius 2 is 0.808 bits per heavy atom. The van der Waals surface area contributed by atoms with Gasteiger partial charge in [-0.2, -0.15) is 0 Å². The highest BCUT2D eigenvalue weighted by atomic mass is 32.2. The maximum Gasteiger partial charge on any atom is 0.189 e. The first kappa shape index (κ1) is 52.0. The van der Waals surface area contributed by atoms with E-state index < -0.39 is 0 Å². The van der Waals surface area contributed by atoms with Crippen molar-refractivity contribution in [1.29, 1.82) is 0 Å². The Morgan fingerprint density at radius 3 is 1.27 bits per heavy atom. The molecule has 0 amide bonds. The number of hydrogen-bond acceptors (Lipinski definition) is 6. The standard InChI is InChI=1S/C46H92N2O2S2/c1-6-9-12-15-18-19-20-24-30-37-45(49)51-43-34-27-33-40-48(42-41-47(4)5)39-32-26-21-25-31-38-46(50)52-44(35-28-22-16-13-10-7-2)36-29-23-17-14-11-8-3/h44H,6-43H2,1-5H3. The van der Waals surface area contributed by atoms with Crippen LogP contribution in [-0.4, -0.2) is 71.3 Å².